The number of anilines is 1. The van der Waals surface area contributed by atoms with Gasteiger partial charge in [0.2, 0.25) is 5.28 Å². The highest BCUT2D eigenvalue weighted by Gasteiger charge is 2.14. The quantitative estimate of drug-likeness (QED) is 0.851. The first-order valence-electron chi connectivity index (χ1n) is 6.27. The molecule has 0 radical (unpaired) electrons. The van der Waals surface area contributed by atoms with Crippen molar-refractivity contribution in [3.8, 4) is 0 Å². The Labute approximate surface area is 117 Å². The predicted molar refractivity (Wildman–Crippen MR) is 77.8 cm³/mol. The van der Waals surface area contributed by atoms with Crippen molar-refractivity contribution in [3.05, 3.63) is 11.6 Å². The van der Waals surface area contributed by atoms with Gasteiger partial charge in [-0.25, -0.2) is 4.98 Å². The van der Waals surface area contributed by atoms with Crippen molar-refractivity contribution < 1.29 is 0 Å². The van der Waals surface area contributed by atoms with Gasteiger partial charge < -0.3 is 14.8 Å². The normalized spacial score (nSPS) is 11.7. The van der Waals surface area contributed by atoms with E-state index in [4.69, 9.17) is 11.6 Å². The maximum atomic E-state index is 5.93. The second-order valence-electron chi connectivity index (χ2n) is 4.99. The van der Waals surface area contributed by atoms with E-state index >= 15 is 0 Å². The lowest BCUT2D eigenvalue weighted by atomic mass is 10.3. The summed E-state index contributed by atoms with van der Waals surface area (Å²) in [5.74, 6) is 0.739. The van der Waals surface area contributed by atoms with E-state index < -0.39 is 0 Å². The van der Waals surface area contributed by atoms with Crippen LogP contribution in [-0.2, 0) is 0 Å². The third-order valence-corrected chi connectivity index (χ3v) is 2.98. The number of imidazole rings is 1. The lowest BCUT2D eigenvalue weighted by Crippen LogP contribution is -2.21. The minimum atomic E-state index is 0.217. The molecule has 0 fully saturated rings. The zero-order chi connectivity index (χ0) is 14.0. The van der Waals surface area contributed by atoms with Crippen molar-refractivity contribution in [2.75, 3.05) is 32.5 Å². The molecule has 0 atom stereocenters. The molecule has 0 unspecified atom stereocenters. The number of nitrogens with one attached hydrogen (secondary N) is 1. The second-order valence-corrected chi connectivity index (χ2v) is 5.33. The smallest absolute Gasteiger partial charge is 0.226 e. The van der Waals surface area contributed by atoms with Gasteiger partial charge in [0.15, 0.2) is 11.5 Å². The fourth-order valence-electron chi connectivity index (χ4n) is 1.83. The highest BCUT2D eigenvalue weighted by Crippen LogP contribution is 2.24. The van der Waals surface area contributed by atoms with Gasteiger partial charge in [-0.15, -0.1) is 0 Å². The van der Waals surface area contributed by atoms with Crippen LogP contribution < -0.4 is 5.32 Å². The van der Waals surface area contributed by atoms with Gasteiger partial charge in [-0.05, 0) is 39.5 Å². The predicted octanol–water partition coefficient (Wildman–Crippen LogP) is 2.03. The van der Waals surface area contributed by atoms with Gasteiger partial charge in [0.1, 0.15) is 5.52 Å². The number of aromatic nitrogens is 4. The Bertz CT molecular complexity index is 563. The number of hydrogen-bond acceptors (Lipinski definition) is 5. The Morgan fingerprint density at radius 3 is 2.74 bits per heavy atom. The van der Waals surface area contributed by atoms with E-state index in [0.29, 0.717) is 11.7 Å². The fourth-order valence-corrected chi connectivity index (χ4v) is 2.00. The molecule has 0 aliphatic rings. The van der Waals surface area contributed by atoms with Crippen LogP contribution in [0.4, 0.5) is 5.82 Å². The SMILES string of the molecule is CC(C)n1cnc2nc(Cl)nc(NCCN(C)C)c21. The van der Waals surface area contributed by atoms with Gasteiger partial charge in [0.25, 0.3) is 0 Å². The lowest BCUT2D eigenvalue weighted by Gasteiger charge is -2.14. The molecule has 0 aromatic carbocycles. The molecule has 0 bridgehead atoms. The first-order valence-corrected chi connectivity index (χ1v) is 6.65. The molecule has 0 saturated heterocycles. The molecular formula is C12H19ClN6. The molecule has 2 heterocycles. The topological polar surface area (TPSA) is 58.9 Å². The Kier molecular flexibility index (Phi) is 4.21. The van der Waals surface area contributed by atoms with Gasteiger partial charge in [-0.1, -0.05) is 0 Å². The minimum Gasteiger partial charge on any atom is -0.367 e. The largest absolute Gasteiger partial charge is 0.367 e. The maximum Gasteiger partial charge on any atom is 0.226 e. The zero-order valence-corrected chi connectivity index (χ0v) is 12.4. The van der Waals surface area contributed by atoms with Crippen molar-refractivity contribution >= 4 is 28.6 Å². The van der Waals surface area contributed by atoms with Gasteiger partial charge in [0, 0.05) is 19.1 Å². The first-order chi connectivity index (χ1) is 8.99. The van der Waals surface area contributed by atoms with Crippen molar-refractivity contribution in [3.63, 3.8) is 0 Å². The van der Waals surface area contributed by atoms with E-state index in [1.54, 1.807) is 6.33 Å². The second kappa shape index (κ2) is 5.71. The molecule has 0 amide bonds. The first kappa shape index (κ1) is 14.0. The number of hydrogen-bond donors (Lipinski definition) is 1. The summed E-state index contributed by atoms with van der Waals surface area (Å²) in [7, 11) is 4.06. The third kappa shape index (κ3) is 3.13. The Balaban J connectivity index is 2.36. The van der Waals surface area contributed by atoms with E-state index in [1.807, 2.05) is 18.7 Å². The summed E-state index contributed by atoms with van der Waals surface area (Å²) in [4.78, 5) is 14.8. The van der Waals surface area contributed by atoms with Crippen molar-refractivity contribution in [2.24, 2.45) is 0 Å². The summed E-state index contributed by atoms with van der Waals surface area (Å²) >= 11 is 5.93. The van der Waals surface area contributed by atoms with Gasteiger partial charge in [-0.2, -0.15) is 9.97 Å². The van der Waals surface area contributed by atoms with E-state index in [1.165, 1.54) is 0 Å². The summed E-state index contributed by atoms with van der Waals surface area (Å²) < 4.78 is 2.05. The summed E-state index contributed by atoms with van der Waals surface area (Å²) in [6, 6.07) is 0.296. The molecule has 2 rings (SSSR count). The number of likely N-dealkylation sites (N-methyl/N-ethyl adjacent to an activating group) is 1. The number of halogens is 1. The van der Waals surface area contributed by atoms with Crippen LogP contribution in [0.2, 0.25) is 5.28 Å². The summed E-state index contributed by atoms with van der Waals surface area (Å²) in [5, 5.41) is 3.52. The highest BCUT2D eigenvalue weighted by atomic mass is 35.5. The van der Waals surface area contributed by atoms with Crippen LogP contribution in [0.15, 0.2) is 6.33 Å². The molecule has 104 valence electrons. The average molecular weight is 283 g/mol. The number of rotatable bonds is 5. The molecule has 19 heavy (non-hydrogen) atoms. The van der Waals surface area contributed by atoms with Crippen LogP contribution in [-0.4, -0.2) is 51.6 Å². The molecule has 2 aromatic heterocycles. The van der Waals surface area contributed by atoms with Gasteiger partial charge >= 0.3 is 0 Å². The Morgan fingerprint density at radius 2 is 2.11 bits per heavy atom. The third-order valence-electron chi connectivity index (χ3n) is 2.81. The van der Waals surface area contributed by atoms with E-state index in [2.05, 4.69) is 39.0 Å². The van der Waals surface area contributed by atoms with Gasteiger partial charge in [0.05, 0.1) is 6.33 Å². The molecule has 0 saturated carbocycles. The molecule has 0 aliphatic heterocycles. The van der Waals surface area contributed by atoms with Crippen LogP contribution >= 0.6 is 11.6 Å². The van der Waals surface area contributed by atoms with Gasteiger partial charge in [-0.3, -0.25) is 0 Å². The van der Waals surface area contributed by atoms with Crippen molar-refractivity contribution in [2.45, 2.75) is 19.9 Å². The Morgan fingerprint density at radius 1 is 1.37 bits per heavy atom. The van der Waals surface area contributed by atoms with Crippen molar-refractivity contribution in [1.82, 2.24) is 24.4 Å². The zero-order valence-electron chi connectivity index (χ0n) is 11.7. The van der Waals surface area contributed by atoms with E-state index in [9.17, 15) is 0 Å². The minimum absolute atomic E-state index is 0.217. The highest BCUT2D eigenvalue weighted by molar-refractivity contribution is 6.28. The van der Waals surface area contributed by atoms with Crippen molar-refractivity contribution in [1.29, 1.82) is 0 Å². The average Bonchev–Trinajstić information content (AvgIpc) is 2.71. The molecule has 2 aromatic rings. The summed E-state index contributed by atoms with van der Waals surface area (Å²) in [6.45, 7) is 5.90. The molecular weight excluding hydrogens is 264 g/mol. The Hall–Kier alpha value is -1.40. The van der Waals surface area contributed by atoms with Crippen LogP contribution in [0, 0.1) is 0 Å². The number of fused-ring (bicyclic) bond motifs is 1. The van der Waals surface area contributed by atoms with Crippen LogP contribution in [0.3, 0.4) is 0 Å². The summed E-state index contributed by atoms with van der Waals surface area (Å²) in [6.07, 6.45) is 1.78. The summed E-state index contributed by atoms with van der Waals surface area (Å²) in [5.41, 5.74) is 1.53. The molecule has 1 N–H and O–H groups in total. The maximum absolute atomic E-state index is 5.93. The lowest BCUT2D eigenvalue weighted by molar-refractivity contribution is 0.425. The van der Waals surface area contributed by atoms with Crippen LogP contribution in [0.5, 0.6) is 0 Å². The van der Waals surface area contributed by atoms with E-state index in [0.717, 1.165) is 24.4 Å². The number of nitrogens with zero attached hydrogens (tertiary/aromatic N) is 5. The molecule has 0 aliphatic carbocycles. The standard InChI is InChI=1S/C12H19ClN6/c1-8(2)19-7-15-11-9(19)10(16-12(13)17-11)14-5-6-18(3)4/h7-8H,5-6H2,1-4H3,(H,14,16,17). The molecule has 6 nitrogen and oxygen atoms in total. The van der Waals surface area contributed by atoms with Crippen LogP contribution in [0.1, 0.15) is 19.9 Å². The molecule has 7 heteroatoms. The monoisotopic (exact) mass is 282 g/mol. The van der Waals surface area contributed by atoms with E-state index in [-0.39, 0.29) is 5.28 Å². The fraction of sp³-hybridized carbons (Fsp3) is 0.583. The molecule has 0 spiro atoms. The van der Waals surface area contributed by atoms with Crippen LogP contribution in [0.25, 0.3) is 11.2 Å².